The molecule has 0 atom stereocenters. The van der Waals surface area contributed by atoms with Crippen molar-refractivity contribution in [3.8, 4) is 0 Å². The molecule has 22 heavy (non-hydrogen) atoms. The highest BCUT2D eigenvalue weighted by Gasteiger charge is 2.07. The predicted molar refractivity (Wildman–Crippen MR) is 88.8 cm³/mol. The lowest BCUT2D eigenvalue weighted by atomic mass is 10.2. The summed E-state index contributed by atoms with van der Waals surface area (Å²) < 4.78 is 1.92. The molecule has 116 valence electrons. The Labute approximate surface area is 133 Å². The van der Waals surface area contributed by atoms with Crippen LogP contribution in [0.3, 0.4) is 0 Å². The van der Waals surface area contributed by atoms with Gasteiger partial charge in [-0.2, -0.15) is 5.10 Å². The van der Waals surface area contributed by atoms with Crippen molar-refractivity contribution in [1.82, 2.24) is 15.1 Å². The zero-order valence-electron chi connectivity index (χ0n) is 12.4. The Bertz CT molecular complexity index is 681. The molecule has 0 aliphatic heterocycles. The predicted octanol–water partition coefficient (Wildman–Crippen LogP) is 2.61. The van der Waals surface area contributed by atoms with Crippen LogP contribution < -0.4 is 10.6 Å². The van der Waals surface area contributed by atoms with Crippen molar-refractivity contribution >= 4 is 28.7 Å². The number of thiocarbonyl (C=S) groups is 1. The van der Waals surface area contributed by atoms with Gasteiger partial charge in [0.25, 0.3) is 5.69 Å². The van der Waals surface area contributed by atoms with Crippen LogP contribution in [0.15, 0.2) is 30.5 Å². The van der Waals surface area contributed by atoms with Crippen molar-refractivity contribution in [1.29, 1.82) is 0 Å². The van der Waals surface area contributed by atoms with Gasteiger partial charge in [-0.15, -0.1) is 0 Å². The average Bonchev–Trinajstić information content (AvgIpc) is 2.86. The van der Waals surface area contributed by atoms with E-state index in [9.17, 15) is 10.1 Å². The first kappa shape index (κ1) is 15.9. The molecule has 0 radical (unpaired) electrons. The Balaban J connectivity index is 1.90. The van der Waals surface area contributed by atoms with Crippen LogP contribution in [0.5, 0.6) is 0 Å². The molecule has 0 saturated carbocycles. The summed E-state index contributed by atoms with van der Waals surface area (Å²) in [6.07, 6.45) is 1.82. The monoisotopic (exact) mass is 319 g/mol. The second kappa shape index (κ2) is 6.99. The smallest absolute Gasteiger partial charge is 0.269 e. The summed E-state index contributed by atoms with van der Waals surface area (Å²) in [5.41, 5.74) is 2.93. The van der Waals surface area contributed by atoms with Gasteiger partial charge in [0.2, 0.25) is 0 Å². The number of aryl methyl sites for hydroxylation is 1. The van der Waals surface area contributed by atoms with Crippen LogP contribution in [0.2, 0.25) is 0 Å². The lowest BCUT2D eigenvalue weighted by molar-refractivity contribution is -0.384. The number of aromatic nitrogens is 2. The normalized spacial score (nSPS) is 10.3. The van der Waals surface area contributed by atoms with Gasteiger partial charge in [0, 0.05) is 42.2 Å². The molecule has 0 fully saturated rings. The number of nitro groups is 1. The van der Waals surface area contributed by atoms with E-state index in [1.54, 1.807) is 12.1 Å². The van der Waals surface area contributed by atoms with E-state index in [2.05, 4.69) is 15.7 Å². The first-order valence-electron chi connectivity index (χ1n) is 6.82. The van der Waals surface area contributed by atoms with Gasteiger partial charge in [-0.3, -0.25) is 14.8 Å². The molecule has 0 aliphatic rings. The fraction of sp³-hybridized carbons (Fsp3) is 0.286. The van der Waals surface area contributed by atoms with Gasteiger partial charge >= 0.3 is 0 Å². The Morgan fingerprint density at radius 1 is 1.41 bits per heavy atom. The topological polar surface area (TPSA) is 85.0 Å². The lowest BCUT2D eigenvalue weighted by Crippen LogP contribution is -2.28. The van der Waals surface area contributed by atoms with Crippen molar-refractivity contribution in [2.45, 2.75) is 26.9 Å². The molecule has 0 bridgehead atoms. The molecule has 2 aromatic rings. The molecular weight excluding hydrogens is 302 g/mol. The maximum absolute atomic E-state index is 10.6. The van der Waals surface area contributed by atoms with Crippen molar-refractivity contribution in [2.75, 3.05) is 5.32 Å². The molecule has 1 aromatic heterocycles. The maximum Gasteiger partial charge on any atom is 0.269 e. The van der Waals surface area contributed by atoms with Gasteiger partial charge in [-0.1, -0.05) is 0 Å². The molecule has 8 heteroatoms. The van der Waals surface area contributed by atoms with E-state index >= 15 is 0 Å². The standard InChI is InChI=1S/C14H17N5O2S/c1-3-18-10(2)11(9-16-18)8-15-14(22)17-12-4-6-13(7-5-12)19(20)21/h4-7,9H,3,8H2,1-2H3,(H2,15,17,22). The van der Waals surface area contributed by atoms with Gasteiger partial charge < -0.3 is 10.6 Å². The van der Waals surface area contributed by atoms with E-state index in [4.69, 9.17) is 12.2 Å². The van der Waals surface area contributed by atoms with Crippen LogP contribution in [0.25, 0.3) is 0 Å². The summed E-state index contributed by atoms with van der Waals surface area (Å²) in [5, 5.41) is 21.4. The Morgan fingerprint density at radius 2 is 2.09 bits per heavy atom. The molecule has 1 aromatic carbocycles. The lowest BCUT2D eigenvalue weighted by Gasteiger charge is -2.10. The minimum Gasteiger partial charge on any atom is -0.358 e. The third-order valence-electron chi connectivity index (χ3n) is 3.28. The van der Waals surface area contributed by atoms with E-state index in [1.165, 1.54) is 12.1 Å². The molecule has 0 saturated heterocycles. The number of nitro benzene ring substituents is 1. The number of anilines is 1. The zero-order valence-corrected chi connectivity index (χ0v) is 13.2. The van der Waals surface area contributed by atoms with Crippen LogP contribution in [0, 0.1) is 17.0 Å². The van der Waals surface area contributed by atoms with E-state index < -0.39 is 4.92 Å². The Kier molecular flexibility index (Phi) is 5.05. The second-order valence-electron chi connectivity index (χ2n) is 4.68. The molecule has 0 amide bonds. The highest BCUT2D eigenvalue weighted by atomic mass is 32.1. The maximum atomic E-state index is 10.6. The molecule has 2 N–H and O–H groups in total. The van der Waals surface area contributed by atoms with E-state index in [-0.39, 0.29) is 5.69 Å². The molecule has 7 nitrogen and oxygen atoms in total. The van der Waals surface area contributed by atoms with Crippen molar-refractivity contribution in [3.05, 3.63) is 51.8 Å². The number of nitrogens with one attached hydrogen (secondary N) is 2. The quantitative estimate of drug-likeness (QED) is 0.500. The first-order chi connectivity index (χ1) is 10.5. The third-order valence-corrected chi connectivity index (χ3v) is 3.53. The fourth-order valence-corrected chi connectivity index (χ4v) is 2.18. The molecule has 1 heterocycles. The molecular formula is C14H17N5O2S. The number of benzene rings is 1. The van der Waals surface area contributed by atoms with Crippen LogP contribution in [-0.4, -0.2) is 19.8 Å². The number of nitrogens with zero attached hydrogens (tertiary/aromatic N) is 3. The second-order valence-corrected chi connectivity index (χ2v) is 5.09. The van der Waals surface area contributed by atoms with Crippen LogP contribution >= 0.6 is 12.2 Å². The minimum atomic E-state index is -0.436. The Morgan fingerprint density at radius 3 is 2.64 bits per heavy atom. The van der Waals surface area contributed by atoms with Crippen molar-refractivity contribution < 1.29 is 4.92 Å². The van der Waals surface area contributed by atoms with E-state index in [0.717, 1.165) is 17.8 Å². The van der Waals surface area contributed by atoms with Crippen LogP contribution in [-0.2, 0) is 13.1 Å². The first-order valence-corrected chi connectivity index (χ1v) is 7.22. The summed E-state index contributed by atoms with van der Waals surface area (Å²) in [7, 11) is 0. The summed E-state index contributed by atoms with van der Waals surface area (Å²) >= 11 is 5.21. The summed E-state index contributed by atoms with van der Waals surface area (Å²) in [6, 6.07) is 6.10. The van der Waals surface area contributed by atoms with Gasteiger partial charge in [0.1, 0.15) is 0 Å². The summed E-state index contributed by atoms with van der Waals surface area (Å²) in [5.74, 6) is 0. The van der Waals surface area contributed by atoms with Gasteiger partial charge in [0.15, 0.2) is 5.11 Å². The van der Waals surface area contributed by atoms with Crippen molar-refractivity contribution in [3.63, 3.8) is 0 Å². The largest absolute Gasteiger partial charge is 0.358 e. The highest BCUT2D eigenvalue weighted by Crippen LogP contribution is 2.15. The molecule has 2 rings (SSSR count). The minimum absolute atomic E-state index is 0.0482. The summed E-state index contributed by atoms with van der Waals surface area (Å²) in [4.78, 5) is 10.2. The van der Waals surface area contributed by atoms with E-state index in [1.807, 2.05) is 24.7 Å². The van der Waals surface area contributed by atoms with Gasteiger partial charge in [-0.25, -0.2) is 0 Å². The highest BCUT2D eigenvalue weighted by molar-refractivity contribution is 7.80. The Hall–Kier alpha value is -2.48. The van der Waals surface area contributed by atoms with Crippen molar-refractivity contribution in [2.24, 2.45) is 0 Å². The summed E-state index contributed by atoms with van der Waals surface area (Å²) in [6.45, 7) is 5.46. The van der Waals surface area contributed by atoms with Crippen LogP contribution in [0.1, 0.15) is 18.2 Å². The van der Waals surface area contributed by atoms with Gasteiger partial charge in [0.05, 0.1) is 11.1 Å². The molecule has 0 unspecified atom stereocenters. The third kappa shape index (κ3) is 3.79. The van der Waals surface area contributed by atoms with Gasteiger partial charge in [-0.05, 0) is 38.2 Å². The zero-order chi connectivity index (χ0) is 16.1. The molecule has 0 aliphatic carbocycles. The fourth-order valence-electron chi connectivity index (χ4n) is 1.99. The number of rotatable bonds is 5. The average molecular weight is 319 g/mol. The number of hydrogen-bond acceptors (Lipinski definition) is 4. The van der Waals surface area contributed by atoms with Crippen LogP contribution in [0.4, 0.5) is 11.4 Å². The molecule has 0 spiro atoms. The number of non-ortho nitro benzene ring substituents is 1. The number of hydrogen-bond donors (Lipinski definition) is 2. The SMILES string of the molecule is CCn1ncc(CNC(=S)Nc2ccc([N+](=O)[O-])cc2)c1C. The van der Waals surface area contributed by atoms with E-state index in [0.29, 0.717) is 17.3 Å².